The van der Waals surface area contributed by atoms with Gasteiger partial charge in [0.05, 0.1) is 22.5 Å². The molecular formula is C17H12ClN3O3S3. The van der Waals surface area contributed by atoms with Crippen LogP contribution in [-0.4, -0.2) is 37.0 Å². The summed E-state index contributed by atoms with van der Waals surface area (Å²) in [5.41, 5.74) is 1.53. The van der Waals surface area contributed by atoms with E-state index >= 15 is 0 Å². The molecule has 27 heavy (non-hydrogen) atoms. The molecule has 0 unspecified atom stereocenters. The van der Waals surface area contributed by atoms with Gasteiger partial charge >= 0.3 is 0 Å². The first-order valence-corrected chi connectivity index (χ1v) is 11.4. The number of Topliss-reactive ketones (excluding diaryl/α,β-unsaturated/α-hetero) is 1. The Morgan fingerprint density at radius 2 is 2.00 bits per heavy atom. The molecule has 0 N–H and O–H groups in total. The fourth-order valence-electron chi connectivity index (χ4n) is 2.63. The number of rotatable bonds is 4. The highest BCUT2D eigenvalue weighted by Crippen LogP contribution is 2.44. The Hall–Kier alpha value is -1.94. The van der Waals surface area contributed by atoms with Crippen molar-refractivity contribution in [2.24, 2.45) is 0 Å². The van der Waals surface area contributed by atoms with Crippen molar-refractivity contribution in [2.45, 2.75) is 10.1 Å². The SMILES string of the molecule is CN1c2ccsc2-c2nc(SCC(=O)c3ccc(Cl)cc3)ncc2S1(=O)=O. The summed E-state index contributed by atoms with van der Waals surface area (Å²) in [6.45, 7) is 0. The van der Waals surface area contributed by atoms with Gasteiger partial charge in [0, 0.05) is 17.6 Å². The third-order valence-electron chi connectivity index (χ3n) is 4.07. The van der Waals surface area contributed by atoms with E-state index in [-0.39, 0.29) is 16.4 Å². The standard InChI is InChI=1S/C17H12ClN3O3S3/c1-21-12-6-7-25-16(12)15-14(27(21,23)24)8-19-17(20-15)26-9-13(22)10-2-4-11(18)5-3-10/h2-8H,9H2,1H3. The number of anilines is 1. The molecule has 3 aromatic rings. The van der Waals surface area contributed by atoms with Crippen LogP contribution >= 0.6 is 34.7 Å². The van der Waals surface area contributed by atoms with Crippen molar-refractivity contribution in [3.05, 3.63) is 52.5 Å². The minimum absolute atomic E-state index is 0.0772. The molecule has 138 valence electrons. The van der Waals surface area contributed by atoms with Crippen LogP contribution in [0.15, 0.2) is 52.0 Å². The van der Waals surface area contributed by atoms with Gasteiger partial charge in [-0.2, -0.15) is 0 Å². The molecule has 0 saturated heterocycles. The molecule has 0 radical (unpaired) electrons. The number of hydrogen-bond donors (Lipinski definition) is 0. The van der Waals surface area contributed by atoms with Crippen LogP contribution in [0.3, 0.4) is 0 Å². The first-order valence-electron chi connectivity index (χ1n) is 7.73. The van der Waals surface area contributed by atoms with Gasteiger partial charge in [-0.05, 0) is 35.7 Å². The van der Waals surface area contributed by atoms with E-state index in [4.69, 9.17) is 11.6 Å². The van der Waals surface area contributed by atoms with Crippen LogP contribution in [0.5, 0.6) is 0 Å². The minimum Gasteiger partial charge on any atom is -0.293 e. The molecule has 0 spiro atoms. The summed E-state index contributed by atoms with van der Waals surface area (Å²) < 4.78 is 26.5. The average molecular weight is 438 g/mol. The molecule has 10 heteroatoms. The minimum atomic E-state index is -3.67. The summed E-state index contributed by atoms with van der Waals surface area (Å²) in [6.07, 6.45) is 1.31. The Morgan fingerprint density at radius 1 is 1.26 bits per heavy atom. The lowest BCUT2D eigenvalue weighted by atomic mass is 10.1. The molecule has 6 nitrogen and oxygen atoms in total. The Kier molecular flexibility index (Phi) is 4.71. The quantitative estimate of drug-likeness (QED) is 0.349. The summed E-state index contributed by atoms with van der Waals surface area (Å²) in [5.74, 6) is 0.0619. The number of thioether (sulfide) groups is 1. The highest BCUT2D eigenvalue weighted by Gasteiger charge is 2.35. The van der Waals surface area contributed by atoms with Gasteiger partial charge in [0.2, 0.25) is 0 Å². The second-order valence-electron chi connectivity index (χ2n) is 5.69. The Morgan fingerprint density at radius 3 is 2.74 bits per heavy atom. The predicted octanol–water partition coefficient (Wildman–Crippen LogP) is 3.97. The number of sulfonamides is 1. The van der Waals surface area contributed by atoms with Crippen molar-refractivity contribution in [1.82, 2.24) is 9.97 Å². The van der Waals surface area contributed by atoms with E-state index in [0.717, 1.165) is 4.88 Å². The van der Waals surface area contributed by atoms with Gasteiger partial charge in [-0.1, -0.05) is 23.4 Å². The average Bonchev–Trinajstić information content (AvgIpc) is 3.15. The number of halogens is 1. The largest absolute Gasteiger partial charge is 0.293 e. The molecule has 4 rings (SSSR count). The van der Waals surface area contributed by atoms with E-state index in [2.05, 4.69) is 9.97 Å². The van der Waals surface area contributed by atoms with Gasteiger partial charge in [0.25, 0.3) is 10.0 Å². The molecule has 2 aromatic heterocycles. The predicted molar refractivity (Wildman–Crippen MR) is 107 cm³/mol. The van der Waals surface area contributed by atoms with Crippen LogP contribution in [0.25, 0.3) is 10.6 Å². The third kappa shape index (κ3) is 3.25. The fourth-order valence-corrected chi connectivity index (χ4v) is 5.80. The van der Waals surface area contributed by atoms with Crippen molar-refractivity contribution >= 4 is 56.2 Å². The summed E-state index contributed by atoms with van der Waals surface area (Å²) >= 11 is 8.42. The molecule has 3 heterocycles. The maximum atomic E-state index is 12.6. The molecular weight excluding hydrogens is 426 g/mol. The normalized spacial score (nSPS) is 14.5. The van der Waals surface area contributed by atoms with Crippen molar-refractivity contribution in [3.63, 3.8) is 0 Å². The Labute approximate surface area is 169 Å². The van der Waals surface area contributed by atoms with Crippen LogP contribution in [0.2, 0.25) is 5.02 Å². The van der Waals surface area contributed by atoms with Crippen molar-refractivity contribution in [2.75, 3.05) is 17.1 Å². The van der Waals surface area contributed by atoms with Gasteiger partial charge in [-0.3, -0.25) is 9.10 Å². The second-order valence-corrected chi connectivity index (χ2v) is 9.92. The molecule has 1 aliphatic heterocycles. The zero-order valence-corrected chi connectivity index (χ0v) is 17.1. The van der Waals surface area contributed by atoms with E-state index in [1.165, 1.54) is 40.6 Å². The van der Waals surface area contributed by atoms with Gasteiger partial charge in [0.1, 0.15) is 10.6 Å². The summed E-state index contributed by atoms with van der Waals surface area (Å²) in [7, 11) is -2.16. The number of carbonyl (C=O) groups excluding carboxylic acids is 1. The number of hydrogen-bond acceptors (Lipinski definition) is 7. The molecule has 0 fully saturated rings. The number of benzene rings is 1. The zero-order chi connectivity index (χ0) is 19.2. The number of ketones is 1. The zero-order valence-electron chi connectivity index (χ0n) is 13.9. The van der Waals surface area contributed by atoms with Crippen LogP contribution in [-0.2, 0) is 10.0 Å². The summed E-state index contributed by atoms with van der Waals surface area (Å²) in [5, 5.41) is 2.75. The van der Waals surface area contributed by atoms with Gasteiger partial charge < -0.3 is 0 Å². The van der Waals surface area contributed by atoms with E-state index in [1.807, 2.05) is 5.38 Å². The molecule has 0 aliphatic carbocycles. The third-order valence-corrected chi connectivity index (χ3v) is 7.86. The maximum absolute atomic E-state index is 12.6. The van der Waals surface area contributed by atoms with E-state index in [9.17, 15) is 13.2 Å². The lowest BCUT2D eigenvalue weighted by molar-refractivity contribution is 0.102. The lowest BCUT2D eigenvalue weighted by Crippen LogP contribution is -2.30. The van der Waals surface area contributed by atoms with Crippen LogP contribution in [0, 0.1) is 0 Å². The fraction of sp³-hybridized carbons (Fsp3) is 0.118. The second kappa shape index (κ2) is 6.90. The first kappa shape index (κ1) is 18.4. The number of thiophene rings is 1. The topological polar surface area (TPSA) is 80.2 Å². The Bertz CT molecular complexity index is 1140. The van der Waals surface area contributed by atoms with Crippen LogP contribution in [0.4, 0.5) is 5.69 Å². The molecule has 0 saturated carbocycles. The molecule has 0 amide bonds. The van der Waals surface area contributed by atoms with E-state index in [1.54, 1.807) is 30.3 Å². The van der Waals surface area contributed by atoms with Gasteiger partial charge in [-0.25, -0.2) is 18.4 Å². The Balaban J connectivity index is 1.61. The molecule has 1 aliphatic rings. The first-order chi connectivity index (χ1) is 12.9. The van der Waals surface area contributed by atoms with Crippen molar-refractivity contribution < 1.29 is 13.2 Å². The van der Waals surface area contributed by atoms with Gasteiger partial charge in [-0.15, -0.1) is 11.3 Å². The smallest absolute Gasteiger partial charge is 0.267 e. The highest BCUT2D eigenvalue weighted by molar-refractivity contribution is 7.99. The van der Waals surface area contributed by atoms with E-state index < -0.39 is 10.0 Å². The number of aromatic nitrogens is 2. The molecule has 0 atom stereocenters. The number of nitrogens with zero attached hydrogens (tertiary/aromatic N) is 3. The van der Waals surface area contributed by atoms with Crippen LogP contribution < -0.4 is 4.31 Å². The van der Waals surface area contributed by atoms with Crippen LogP contribution in [0.1, 0.15) is 10.4 Å². The number of carbonyl (C=O) groups is 1. The van der Waals surface area contributed by atoms with Crippen molar-refractivity contribution in [3.8, 4) is 10.6 Å². The monoisotopic (exact) mass is 437 g/mol. The summed E-state index contributed by atoms with van der Waals surface area (Å²) in [6, 6.07) is 8.40. The maximum Gasteiger partial charge on any atom is 0.267 e. The highest BCUT2D eigenvalue weighted by atomic mass is 35.5. The summed E-state index contributed by atoms with van der Waals surface area (Å²) in [4.78, 5) is 21.7. The van der Waals surface area contributed by atoms with Crippen molar-refractivity contribution in [1.29, 1.82) is 0 Å². The lowest BCUT2D eigenvalue weighted by Gasteiger charge is -2.25. The molecule has 1 aromatic carbocycles. The van der Waals surface area contributed by atoms with Gasteiger partial charge in [0.15, 0.2) is 10.9 Å². The van der Waals surface area contributed by atoms with E-state index in [0.29, 0.717) is 27.1 Å². The number of fused-ring (bicyclic) bond motifs is 3. The molecule has 0 bridgehead atoms.